The second-order valence-electron chi connectivity index (χ2n) is 7.83. The summed E-state index contributed by atoms with van der Waals surface area (Å²) in [5.74, 6) is 0.509. The van der Waals surface area contributed by atoms with Gasteiger partial charge in [0.2, 0.25) is 0 Å². The third-order valence-electron chi connectivity index (χ3n) is 5.61. The fourth-order valence-electron chi connectivity index (χ4n) is 3.80. The monoisotopic (exact) mass is 499 g/mol. The number of amides is 1. The summed E-state index contributed by atoms with van der Waals surface area (Å²) in [5, 5.41) is 0.566. The minimum atomic E-state index is -0.378. The van der Waals surface area contributed by atoms with Crippen molar-refractivity contribution in [1.82, 2.24) is 14.5 Å². The molecule has 3 rings (SSSR count). The highest BCUT2D eigenvalue weighted by atomic mass is 79.9. The Morgan fingerprint density at radius 1 is 1.16 bits per heavy atom. The maximum atomic E-state index is 13.5. The Hall–Kier alpha value is -2.51. The van der Waals surface area contributed by atoms with Crippen molar-refractivity contribution in [1.29, 1.82) is 0 Å². The number of rotatable bonds is 10. The van der Waals surface area contributed by atoms with Crippen LogP contribution in [0.3, 0.4) is 0 Å². The fourth-order valence-corrected chi connectivity index (χ4v) is 4.07. The zero-order valence-electron chi connectivity index (χ0n) is 18.9. The summed E-state index contributed by atoms with van der Waals surface area (Å²) < 4.78 is 7.81. The van der Waals surface area contributed by atoms with Crippen molar-refractivity contribution in [3.63, 3.8) is 0 Å². The molecular weight excluding hydrogens is 470 g/mol. The van der Waals surface area contributed by atoms with E-state index in [2.05, 4.69) is 22.9 Å². The van der Waals surface area contributed by atoms with Crippen LogP contribution in [0.4, 0.5) is 0 Å². The van der Waals surface area contributed by atoms with Crippen LogP contribution in [0, 0.1) is 0 Å². The molecule has 6 nitrogen and oxygen atoms in total. The van der Waals surface area contributed by atoms with Crippen molar-refractivity contribution in [2.45, 2.75) is 45.7 Å². The van der Waals surface area contributed by atoms with Gasteiger partial charge in [-0.15, -0.1) is 0 Å². The van der Waals surface area contributed by atoms with E-state index in [-0.39, 0.29) is 17.5 Å². The van der Waals surface area contributed by atoms with Gasteiger partial charge in [0.05, 0.1) is 30.1 Å². The van der Waals surface area contributed by atoms with Crippen LogP contribution in [-0.4, -0.2) is 40.6 Å². The SMILES string of the molecule is CCCCCN(C(=O)c1ccc(Br)cc1)C(C)c1nc2ccccc2c(=O)n1CCOC. The van der Waals surface area contributed by atoms with E-state index in [4.69, 9.17) is 9.72 Å². The number of para-hydroxylation sites is 1. The first kappa shape index (κ1) is 24.1. The van der Waals surface area contributed by atoms with Gasteiger partial charge in [-0.2, -0.15) is 0 Å². The molecule has 1 heterocycles. The van der Waals surface area contributed by atoms with Crippen LogP contribution in [0.15, 0.2) is 57.8 Å². The maximum absolute atomic E-state index is 13.5. The summed E-state index contributed by atoms with van der Waals surface area (Å²) in [6, 6.07) is 14.3. The van der Waals surface area contributed by atoms with Crippen LogP contribution >= 0.6 is 15.9 Å². The number of benzene rings is 2. The lowest BCUT2D eigenvalue weighted by molar-refractivity contribution is 0.0673. The lowest BCUT2D eigenvalue weighted by Crippen LogP contribution is -2.38. The second kappa shape index (κ2) is 11.4. The molecule has 0 saturated carbocycles. The molecule has 0 radical (unpaired) electrons. The average molecular weight is 500 g/mol. The number of carbonyl (C=O) groups excluding carboxylic acids is 1. The van der Waals surface area contributed by atoms with Gasteiger partial charge in [0, 0.05) is 23.7 Å². The molecule has 1 atom stereocenters. The molecular formula is C25H30BrN3O3. The third-order valence-corrected chi connectivity index (χ3v) is 6.13. The van der Waals surface area contributed by atoms with Crippen molar-refractivity contribution in [3.8, 4) is 0 Å². The number of methoxy groups -OCH3 is 1. The second-order valence-corrected chi connectivity index (χ2v) is 8.74. The van der Waals surface area contributed by atoms with E-state index >= 15 is 0 Å². The number of fused-ring (bicyclic) bond motifs is 1. The zero-order chi connectivity index (χ0) is 23.1. The molecule has 0 fully saturated rings. The lowest BCUT2D eigenvalue weighted by Gasteiger charge is -2.31. The van der Waals surface area contributed by atoms with E-state index < -0.39 is 0 Å². The molecule has 0 spiro atoms. The van der Waals surface area contributed by atoms with Crippen molar-refractivity contribution in [2.24, 2.45) is 0 Å². The summed E-state index contributed by atoms with van der Waals surface area (Å²) in [6.07, 6.45) is 2.97. The van der Waals surface area contributed by atoms with E-state index in [0.717, 1.165) is 23.7 Å². The van der Waals surface area contributed by atoms with Gasteiger partial charge in [-0.3, -0.25) is 14.2 Å². The highest BCUT2D eigenvalue weighted by Gasteiger charge is 2.26. The highest BCUT2D eigenvalue weighted by molar-refractivity contribution is 9.10. The quantitative estimate of drug-likeness (QED) is 0.359. The van der Waals surface area contributed by atoms with Crippen LogP contribution in [0.5, 0.6) is 0 Å². The van der Waals surface area contributed by atoms with Crippen molar-refractivity contribution in [3.05, 3.63) is 74.7 Å². The summed E-state index contributed by atoms with van der Waals surface area (Å²) >= 11 is 3.43. The Kier molecular flexibility index (Phi) is 8.59. The molecule has 2 aromatic carbocycles. The van der Waals surface area contributed by atoms with Gasteiger partial charge in [-0.1, -0.05) is 47.8 Å². The number of carbonyl (C=O) groups is 1. The summed E-state index contributed by atoms with van der Waals surface area (Å²) in [7, 11) is 1.61. The molecule has 0 N–H and O–H groups in total. The first-order valence-corrected chi connectivity index (χ1v) is 11.8. The number of halogens is 1. The Morgan fingerprint density at radius 2 is 1.88 bits per heavy atom. The maximum Gasteiger partial charge on any atom is 0.261 e. The van der Waals surface area contributed by atoms with Crippen LogP contribution in [0.25, 0.3) is 10.9 Å². The molecule has 1 aromatic heterocycles. The standard InChI is InChI=1S/C25H30BrN3O3/c1-4-5-8-15-28(24(30)19-11-13-20(26)14-12-19)18(2)23-27-22-10-7-6-9-21(22)25(31)29(23)16-17-32-3/h6-7,9-14,18H,4-5,8,15-17H2,1-3H3. The van der Waals surface area contributed by atoms with Crippen LogP contribution in [0.1, 0.15) is 55.3 Å². The average Bonchev–Trinajstić information content (AvgIpc) is 2.81. The third kappa shape index (κ3) is 5.45. The fraction of sp³-hybridized carbons (Fsp3) is 0.400. The van der Waals surface area contributed by atoms with Gasteiger partial charge in [0.1, 0.15) is 5.82 Å². The molecule has 0 saturated heterocycles. The van der Waals surface area contributed by atoms with E-state index in [1.54, 1.807) is 17.7 Å². The minimum Gasteiger partial charge on any atom is -0.383 e. The van der Waals surface area contributed by atoms with Gasteiger partial charge in [-0.25, -0.2) is 4.98 Å². The highest BCUT2D eigenvalue weighted by Crippen LogP contribution is 2.24. The Morgan fingerprint density at radius 3 is 2.56 bits per heavy atom. The van der Waals surface area contributed by atoms with Gasteiger partial charge in [-0.05, 0) is 49.7 Å². The Labute approximate surface area is 197 Å². The normalized spacial score (nSPS) is 12.1. The smallest absolute Gasteiger partial charge is 0.261 e. The number of hydrogen-bond acceptors (Lipinski definition) is 4. The number of nitrogens with zero attached hydrogens (tertiary/aromatic N) is 3. The Balaban J connectivity index is 2.07. The summed E-state index contributed by atoms with van der Waals surface area (Å²) in [4.78, 5) is 33.5. The molecule has 0 aliphatic heterocycles. The molecule has 7 heteroatoms. The first-order valence-electron chi connectivity index (χ1n) is 11.0. The summed E-state index contributed by atoms with van der Waals surface area (Å²) in [5.41, 5.74) is 1.14. The zero-order valence-corrected chi connectivity index (χ0v) is 20.5. The minimum absolute atomic E-state index is 0.0678. The van der Waals surface area contributed by atoms with Gasteiger partial charge in [0.15, 0.2) is 0 Å². The predicted molar refractivity (Wildman–Crippen MR) is 131 cm³/mol. The van der Waals surface area contributed by atoms with Gasteiger partial charge >= 0.3 is 0 Å². The van der Waals surface area contributed by atoms with Crippen LogP contribution in [0.2, 0.25) is 0 Å². The molecule has 3 aromatic rings. The van der Waals surface area contributed by atoms with Gasteiger partial charge in [0.25, 0.3) is 11.5 Å². The number of unbranched alkanes of at least 4 members (excludes halogenated alkanes) is 2. The van der Waals surface area contributed by atoms with Gasteiger partial charge < -0.3 is 9.64 Å². The van der Waals surface area contributed by atoms with E-state index in [9.17, 15) is 9.59 Å². The van der Waals surface area contributed by atoms with Crippen molar-refractivity contribution >= 4 is 32.7 Å². The Bertz CT molecular complexity index is 1110. The molecule has 0 bridgehead atoms. The molecule has 170 valence electrons. The van der Waals surface area contributed by atoms with Crippen LogP contribution in [-0.2, 0) is 11.3 Å². The number of aromatic nitrogens is 2. The summed E-state index contributed by atoms with van der Waals surface area (Å²) in [6.45, 7) is 5.44. The molecule has 0 aliphatic carbocycles. The molecule has 1 amide bonds. The van der Waals surface area contributed by atoms with E-state index in [1.807, 2.05) is 54.3 Å². The number of hydrogen-bond donors (Lipinski definition) is 0. The predicted octanol–water partition coefficient (Wildman–Crippen LogP) is 5.20. The molecule has 32 heavy (non-hydrogen) atoms. The lowest BCUT2D eigenvalue weighted by atomic mass is 10.1. The van der Waals surface area contributed by atoms with Crippen molar-refractivity contribution < 1.29 is 9.53 Å². The first-order chi connectivity index (χ1) is 15.5. The topological polar surface area (TPSA) is 64.4 Å². The van der Waals surface area contributed by atoms with Crippen molar-refractivity contribution in [2.75, 3.05) is 20.3 Å². The van der Waals surface area contributed by atoms with E-state index in [0.29, 0.717) is 42.0 Å². The molecule has 0 aliphatic rings. The van der Waals surface area contributed by atoms with Crippen LogP contribution < -0.4 is 5.56 Å². The largest absolute Gasteiger partial charge is 0.383 e. The van der Waals surface area contributed by atoms with E-state index in [1.165, 1.54) is 0 Å². The number of ether oxygens (including phenoxy) is 1. The molecule has 1 unspecified atom stereocenters.